The Morgan fingerprint density at radius 2 is 2.24 bits per heavy atom. The Morgan fingerprint density at radius 1 is 1.40 bits per heavy atom. The van der Waals surface area contributed by atoms with Gasteiger partial charge in [-0.3, -0.25) is 9.78 Å². The van der Waals surface area contributed by atoms with Crippen LogP contribution in [0.2, 0.25) is 0 Å². The van der Waals surface area contributed by atoms with Crippen molar-refractivity contribution in [3.63, 3.8) is 0 Å². The van der Waals surface area contributed by atoms with Crippen molar-refractivity contribution >= 4 is 5.91 Å². The molecule has 0 unspecified atom stereocenters. The molecule has 2 atom stereocenters. The molecule has 0 N–H and O–H groups in total. The number of likely N-dealkylation sites (N-methyl/N-ethyl adjacent to an activating group) is 1. The number of carbonyl (C=O) groups is 1. The van der Waals surface area contributed by atoms with Gasteiger partial charge in [-0.05, 0) is 55.5 Å². The second-order valence-corrected chi connectivity index (χ2v) is 6.32. The highest BCUT2D eigenvalue weighted by molar-refractivity contribution is 5.82. The van der Waals surface area contributed by atoms with Gasteiger partial charge < -0.3 is 9.64 Å². The number of hydrogen-bond donors (Lipinski definition) is 0. The van der Waals surface area contributed by atoms with Gasteiger partial charge in [-0.25, -0.2) is 4.39 Å². The van der Waals surface area contributed by atoms with Crippen molar-refractivity contribution in [2.24, 2.45) is 0 Å². The molecule has 0 radical (unpaired) electrons. The van der Waals surface area contributed by atoms with Gasteiger partial charge in [0.15, 0.2) is 0 Å². The smallest absolute Gasteiger partial charge is 0.252 e. The summed E-state index contributed by atoms with van der Waals surface area (Å²) in [7, 11) is 0. The van der Waals surface area contributed by atoms with Crippen molar-refractivity contribution in [1.82, 2.24) is 9.88 Å². The van der Waals surface area contributed by atoms with Crippen LogP contribution in [-0.4, -0.2) is 35.0 Å². The van der Waals surface area contributed by atoms with Gasteiger partial charge in [0.1, 0.15) is 11.9 Å². The largest absolute Gasteiger partial charge is 0.368 e. The van der Waals surface area contributed by atoms with Gasteiger partial charge in [0.05, 0.1) is 6.04 Å². The number of aromatic nitrogens is 1. The van der Waals surface area contributed by atoms with Crippen molar-refractivity contribution in [3.05, 3.63) is 65.2 Å². The van der Waals surface area contributed by atoms with Crippen LogP contribution in [0.5, 0.6) is 0 Å². The van der Waals surface area contributed by atoms with Gasteiger partial charge in [-0.15, -0.1) is 0 Å². The van der Waals surface area contributed by atoms with Crippen molar-refractivity contribution in [2.75, 3.05) is 13.2 Å². The molecule has 0 saturated carbocycles. The lowest BCUT2D eigenvalue weighted by molar-refractivity contribution is -0.142. The Morgan fingerprint density at radius 3 is 2.84 bits per heavy atom. The molecular weight excluding hydrogens is 319 g/mol. The van der Waals surface area contributed by atoms with E-state index < -0.39 is 0 Å². The van der Waals surface area contributed by atoms with Crippen LogP contribution in [0.4, 0.5) is 4.39 Å². The summed E-state index contributed by atoms with van der Waals surface area (Å²) >= 11 is 0. The quantitative estimate of drug-likeness (QED) is 0.833. The minimum atomic E-state index is -0.388. The molecule has 5 heteroatoms. The zero-order valence-electron chi connectivity index (χ0n) is 14.6. The molecule has 0 spiro atoms. The molecule has 1 fully saturated rings. The van der Waals surface area contributed by atoms with E-state index in [1.54, 1.807) is 36.4 Å². The number of nitrogens with zero attached hydrogens (tertiary/aromatic N) is 2. The minimum absolute atomic E-state index is 0.0177. The molecular formula is C20H23FN2O2. The summed E-state index contributed by atoms with van der Waals surface area (Å²) in [5, 5.41) is 0. The summed E-state index contributed by atoms with van der Waals surface area (Å²) in [5.41, 5.74) is 2.34. The first-order valence-electron chi connectivity index (χ1n) is 8.70. The van der Waals surface area contributed by atoms with Crippen LogP contribution in [0.25, 0.3) is 0 Å². The monoisotopic (exact) mass is 342 g/mol. The summed E-state index contributed by atoms with van der Waals surface area (Å²) in [4.78, 5) is 19.0. The molecule has 0 aliphatic carbocycles. The van der Waals surface area contributed by atoms with Crippen LogP contribution >= 0.6 is 0 Å². The molecule has 132 valence electrons. The summed E-state index contributed by atoms with van der Waals surface area (Å²) in [5.74, 6) is -0.266. The lowest BCUT2D eigenvalue weighted by Gasteiger charge is -2.33. The number of hydrogen-bond acceptors (Lipinski definition) is 3. The van der Waals surface area contributed by atoms with E-state index in [1.807, 2.05) is 19.1 Å². The third-order valence-corrected chi connectivity index (χ3v) is 4.64. The van der Waals surface area contributed by atoms with Crippen LogP contribution in [0.15, 0.2) is 42.7 Å². The van der Waals surface area contributed by atoms with Gasteiger partial charge in [-0.2, -0.15) is 0 Å². The number of benzene rings is 1. The van der Waals surface area contributed by atoms with Crippen LogP contribution in [0.3, 0.4) is 0 Å². The van der Waals surface area contributed by atoms with E-state index >= 15 is 0 Å². The average molecular weight is 342 g/mol. The van der Waals surface area contributed by atoms with Gasteiger partial charge >= 0.3 is 0 Å². The van der Waals surface area contributed by atoms with E-state index in [-0.39, 0.29) is 23.9 Å². The summed E-state index contributed by atoms with van der Waals surface area (Å²) in [6.07, 6.45) is 4.72. The predicted octanol–water partition coefficient (Wildman–Crippen LogP) is 3.65. The Labute approximate surface area is 147 Å². The molecule has 1 aromatic carbocycles. The number of aryl methyl sites for hydroxylation is 1. The highest BCUT2D eigenvalue weighted by atomic mass is 19.1. The summed E-state index contributed by atoms with van der Waals surface area (Å²) in [6, 6.07) is 8.49. The third kappa shape index (κ3) is 3.71. The SMILES string of the molecule is CCN(C(=O)[C@@H]1CCCO1)[C@@H](c1cccnc1)c1ccc(F)c(C)c1. The van der Waals surface area contributed by atoms with Crippen LogP contribution in [0, 0.1) is 12.7 Å². The predicted molar refractivity (Wildman–Crippen MR) is 93.6 cm³/mol. The van der Waals surface area contributed by atoms with Crippen LogP contribution < -0.4 is 0 Å². The molecule has 4 nitrogen and oxygen atoms in total. The number of carbonyl (C=O) groups excluding carboxylic acids is 1. The molecule has 0 bridgehead atoms. The van der Waals surface area contributed by atoms with E-state index in [0.717, 1.165) is 24.0 Å². The molecule has 2 heterocycles. The molecule has 1 amide bonds. The summed E-state index contributed by atoms with van der Waals surface area (Å²) in [6.45, 7) is 4.85. The molecule has 25 heavy (non-hydrogen) atoms. The van der Waals surface area contributed by atoms with Crippen molar-refractivity contribution < 1.29 is 13.9 Å². The zero-order valence-corrected chi connectivity index (χ0v) is 14.6. The average Bonchev–Trinajstić information content (AvgIpc) is 3.17. The number of pyridine rings is 1. The lowest BCUT2D eigenvalue weighted by atomic mass is 9.96. The maximum atomic E-state index is 13.7. The van der Waals surface area contributed by atoms with Gasteiger partial charge in [0.2, 0.25) is 0 Å². The molecule has 3 rings (SSSR count). The normalized spacial score (nSPS) is 18.1. The van der Waals surface area contributed by atoms with Crippen molar-refractivity contribution in [1.29, 1.82) is 0 Å². The minimum Gasteiger partial charge on any atom is -0.368 e. The maximum absolute atomic E-state index is 13.7. The fourth-order valence-electron chi connectivity index (χ4n) is 3.35. The van der Waals surface area contributed by atoms with Crippen molar-refractivity contribution in [3.8, 4) is 0 Å². The zero-order chi connectivity index (χ0) is 17.8. The fourth-order valence-corrected chi connectivity index (χ4v) is 3.35. The van der Waals surface area contributed by atoms with E-state index in [9.17, 15) is 9.18 Å². The van der Waals surface area contributed by atoms with Gasteiger partial charge in [0, 0.05) is 25.5 Å². The molecule has 1 saturated heterocycles. The molecule has 1 aliphatic rings. The van der Waals surface area contributed by atoms with E-state index in [2.05, 4.69) is 4.98 Å². The molecule has 1 aliphatic heterocycles. The number of amides is 1. The first kappa shape index (κ1) is 17.5. The second-order valence-electron chi connectivity index (χ2n) is 6.32. The number of halogens is 1. The Kier molecular flexibility index (Phi) is 5.43. The third-order valence-electron chi connectivity index (χ3n) is 4.64. The standard InChI is InChI=1S/C20H23FN2O2/c1-3-23(20(24)18-7-5-11-25-18)19(16-6-4-10-22-13-16)15-8-9-17(21)14(2)12-15/h4,6,8-10,12-13,18-19H,3,5,7,11H2,1-2H3/t18-,19+/m0/s1. The number of rotatable bonds is 5. The number of ether oxygens (including phenoxy) is 1. The first-order valence-corrected chi connectivity index (χ1v) is 8.70. The molecule has 1 aromatic heterocycles. The molecule has 2 aromatic rings. The summed E-state index contributed by atoms with van der Waals surface area (Å²) < 4.78 is 19.3. The Bertz CT molecular complexity index is 730. The van der Waals surface area contributed by atoms with Crippen molar-refractivity contribution in [2.45, 2.75) is 38.8 Å². The highest BCUT2D eigenvalue weighted by Gasteiger charge is 2.33. The Hall–Kier alpha value is -2.27. The van der Waals surface area contributed by atoms with E-state index in [4.69, 9.17) is 4.74 Å². The van der Waals surface area contributed by atoms with Gasteiger partial charge in [0.25, 0.3) is 5.91 Å². The van der Waals surface area contributed by atoms with E-state index in [1.165, 1.54) is 6.07 Å². The fraction of sp³-hybridized carbons (Fsp3) is 0.400. The second kappa shape index (κ2) is 7.74. The highest BCUT2D eigenvalue weighted by Crippen LogP contribution is 2.31. The van der Waals surface area contributed by atoms with Gasteiger partial charge in [-0.1, -0.05) is 18.2 Å². The van der Waals surface area contributed by atoms with Crippen LogP contribution in [0.1, 0.15) is 42.5 Å². The topological polar surface area (TPSA) is 42.4 Å². The first-order chi connectivity index (χ1) is 12.1. The maximum Gasteiger partial charge on any atom is 0.252 e. The Balaban J connectivity index is 2.02. The van der Waals surface area contributed by atoms with Crippen LogP contribution in [-0.2, 0) is 9.53 Å². The van der Waals surface area contributed by atoms with E-state index in [0.29, 0.717) is 18.7 Å². The lowest BCUT2D eigenvalue weighted by Crippen LogP contribution is -2.41.